The van der Waals surface area contributed by atoms with Gasteiger partial charge in [-0.05, 0) is 63.6 Å². The standard InChI is InChI=1S/C23H27ClN4O2/c1-13-19(23(30)28(4)11-10-27(2)3)16-6-5-7-17(21(16)25-13)20-15-9-8-14(24)12-18(15)26-22(20)29/h8-9,12,25H,5-7,10-11H2,1-4H3,(H,26,29). The third-order valence-electron chi connectivity index (χ3n) is 5.92. The summed E-state index contributed by atoms with van der Waals surface area (Å²) in [4.78, 5) is 33.3. The van der Waals surface area contributed by atoms with E-state index in [0.29, 0.717) is 17.1 Å². The molecule has 158 valence electrons. The first kappa shape index (κ1) is 20.7. The van der Waals surface area contributed by atoms with Gasteiger partial charge in [0.25, 0.3) is 11.8 Å². The Morgan fingerprint density at radius 2 is 1.93 bits per heavy atom. The summed E-state index contributed by atoms with van der Waals surface area (Å²) in [5.74, 6) is -0.0838. The van der Waals surface area contributed by atoms with E-state index in [4.69, 9.17) is 11.6 Å². The summed E-state index contributed by atoms with van der Waals surface area (Å²) in [6.45, 7) is 3.41. The number of carbonyl (C=O) groups is 2. The van der Waals surface area contributed by atoms with Gasteiger partial charge in [0.1, 0.15) is 0 Å². The first-order valence-corrected chi connectivity index (χ1v) is 10.6. The number of benzene rings is 1. The number of fused-ring (bicyclic) bond motifs is 2. The van der Waals surface area contributed by atoms with Gasteiger partial charge in [-0.2, -0.15) is 0 Å². The number of anilines is 1. The number of H-pyrrole nitrogens is 1. The number of rotatable bonds is 4. The third-order valence-corrected chi connectivity index (χ3v) is 6.15. The van der Waals surface area contributed by atoms with Crippen LogP contribution < -0.4 is 5.32 Å². The van der Waals surface area contributed by atoms with Gasteiger partial charge in [0.2, 0.25) is 0 Å². The third kappa shape index (κ3) is 3.55. The number of amides is 2. The Balaban J connectivity index is 1.77. The first-order valence-electron chi connectivity index (χ1n) is 10.2. The van der Waals surface area contributed by atoms with Crippen LogP contribution in [0.3, 0.4) is 0 Å². The SMILES string of the molecule is Cc1[nH]c2c(c1C(=O)N(C)CCN(C)C)CCCC2=C1C(=O)Nc2cc(Cl)ccc21. The smallest absolute Gasteiger partial charge is 0.256 e. The molecule has 0 bridgehead atoms. The van der Waals surface area contributed by atoms with Gasteiger partial charge in [0.15, 0.2) is 0 Å². The molecule has 0 atom stereocenters. The second kappa shape index (κ2) is 7.93. The van der Waals surface area contributed by atoms with Crippen molar-refractivity contribution in [1.29, 1.82) is 0 Å². The van der Waals surface area contributed by atoms with Crippen LogP contribution >= 0.6 is 11.6 Å². The number of allylic oxidation sites excluding steroid dienone is 1. The van der Waals surface area contributed by atoms with Crippen molar-refractivity contribution in [3.8, 4) is 0 Å². The van der Waals surface area contributed by atoms with E-state index in [1.807, 2.05) is 34.1 Å². The molecule has 0 saturated heterocycles. The number of nitrogens with zero attached hydrogens (tertiary/aromatic N) is 2. The van der Waals surface area contributed by atoms with Gasteiger partial charge in [-0.15, -0.1) is 0 Å². The molecule has 1 aromatic heterocycles. The Kier molecular flexibility index (Phi) is 5.47. The molecule has 1 aliphatic heterocycles. The summed E-state index contributed by atoms with van der Waals surface area (Å²) in [6.07, 6.45) is 2.52. The highest BCUT2D eigenvalue weighted by molar-refractivity contribution is 6.38. The molecule has 4 rings (SSSR count). The van der Waals surface area contributed by atoms with E-state index in [9.17, 15) is 9.59 Å². The van der Waals surface area contributed by atoms with Crippen LogP contribution in [0.25, 0.3) is 11.1 Å². The molecule has 0 saturated carbocycles. The Hall–Kier alpha value is -2.57. The largest absolute Gasteiger partial charge is 0.358 e. The van der Waals surface area contributed by atoms with Crippen LogP contribution in [-0.4, -0.2) is 60.8 Å². The molecule has 0 radical (unpaired) electrons. The molecule has 2 heterocycles. The highest BCUT2D eigenvalue weighted by Gasteiger charge is 2.33. The average molecular weight is 427 g/mol. The molecule has 6 nitrogen and oxygen atoms in total. The fourth-order valence-electron chi connectivity index (χ4n) is 4.38. The fourth-order valence-corrected chi connectivity index (χ4v) is 4.55. The van der Waals surface area contributed by atoms with E-state index < -0.39 is 0 Å². The number of likely N-dealkylation sites (N-methyl/N-ethyl adjacent to an activating group) is 2. The van der Waals surface area contributed by atoms with Gasteiger partial charge >= 0.3 is 0 Å². The van der Waals surface area contributed by atoms with Gasteiger partial charge in [0, 0.05) is 42.1 Å². The summed E-state index contributed by atoms with van der Waals surface area (Å²) in [6, 6.07) is 5.48. The summed E-state index contributed by atoms with van der Waals surface area (Å²) < 4.78 is 0. The monoisotopic (exact) mass is 426 g/mol. The van der Waals surface area contributed by atoms with Crippen molar-refractivity contribution in [3.63, 3.8) is 0 Å². The van der Waals surface area contributed by atoms with Gasteiger partial charge in [-0.1, -0.05) is 17.7 Å². The Labute approximate surface area is 181 Å². The average Bonchev–Trinajstić information content (AvgIpc) is 3.20. The van der Waals surface area contributed by atoms with Crippen molar-refractivity contribution >= 4 is 40.2 Å². The molecule has 1 aliphatic carbocycles. The van der Waals surface area contributed by atoms with E-state index in [0.717, 1.165) is 65.1 Å². The molecule has 0 spiro atoms. The predicted molar refractivity (Wildman–Crippen MR) is 121 cm³/mol. The minimum atomic E-state index is -0.113. The zero-order valence-electron chi connectivity index (χ0n) is 17.9. The lowest BCUT2D eigenvalue weighted by molar-refractivity contribution is -0.110. The summed E-state index contributed by atoms with van der Waals surface area (Å²) in [5, 5.41) is 3.52. The van der Waals surface area contributed by atoms with Gasteiger partial charge in [-0.3, -0.25) is 9.59 Å². The van der Waals surface area contributed by atoms with Crippen LogP contribution in [0.4, 0.5) is 5.69 Å². The predicted octanol–water partition coefficient (Wildman–Crippen LogP) is 3.81. The van der Waals surface area contributed by atoms with E-state index in [-0.39, 0.29) is 11.8 Å². The minimum Gasteiger partial charge on any atom is -0.358 e. The van der Waals surface area contributed by atoms with E-state index in [2.05, 4.69) is 15.2 Å². The van der Waals surface area contributed by atoms with Gasteiger partial charge in [-0.25, -0.2) is 0 Å². The van der Waals surface area contributed by atoms with Crippen LogP contribution in [0.2, 0.25) is 5.02 Å². The number of hydrogen-bond acceptors (Lipinski definition) is 3. The number of nitrogens with one attached hydrogen (secondary N) is 2. The van der Waals surface area contributed by atoms with Crippen molar-refractivity contribution in [2.75, 3.05) is 39.5 Å². The van der Waals surface area contributed by atoms with Gasteiger partial charge in [0.05, 0.1) is 16.8 Å². The van der Waals surface area contributed by atoms with Crippen molar-refractivity contribution < 1.29 is 9.59 Å². The molecule has 2 aromatic rings. The molecular formula is C23H27ClN4O2. The Bertz CT molecular complexity index is 1070. The summed E-state index contributed by atoms with van der Waals surface area (Å²) >= 11 is 6.10. The normalized spacial score (nSPS) is 17.7. The second-order valence-corrected chi connectivity index (χ2v) is 8.80. The lowest BCUT2D eigenvalue weighted by Gasteiger charge is -2.22. The fraction of sp³-hybridized carbons (Fsp3) is 0.391. The number of aryl methyl sites for hydroxylation is 1. The topological polar surface area (TPSA) is 68.4 Å². The number of aromatic amines is 1. The maximum atomic E-state index is 13.2. The lowest BCUT2D eigenvalue weighted by Crippen LogP contribution is -2.34. The lowest BCUT2D eigenvalue weighted by atomic mass is 9.86. The van der Waals surface area contributed by atoms with E-state index >= 15 is 0 Å². The Morgan fingerprint density at radius 3 is 2.67 bits per heavy atom. The van der Waals surface area contributed by atoms with E-state index in [1.54, 1.807) is 17.0 Å². The van der Waals surface area contributed by atoms with Crippen LogP contribution in [0.5, 0.6) is 0 Å². The van der Waals surface area contributed by atoms with Crippen LogP contribution in [-0.2, 0) is 11.2 Å². The second-order valence-electron chi connectivity index (χ2n) is 8.36. The van der Waals surface area contributed by atoms with Crippen molar-refractivity contribution in [3.05, 3.63) is 51.3 Å². The van der Waals surface area contributed by atoms with E-state index in [1.165, 1.54) is 0 Å². The zero-order chi connectivity index (χ0) is 21.6. The number of aromatic nitrogens is 1. The van der Waals surface area contributed by atoms with Crippen LogP contribution in [0.1, 0.15) is 45.7 Å². The highest BCUT2D eigenvalue weighted by Crippen LogP contribution is 2.43. The first-order chi connectivity index (χ1) is 14.3. The summed E-state index contributed by atoms with van der Waals surface area (Å²) in [5.41, 5.74) is 6.84. The highest BCUT2D eigenvalue weighted by atomic mass is 35.5. The quantitative estimate of drug-likeness (QED) is 0.730. The molecular weight excluding hydrogens is 400 g/mol. The van der Waals surface area contributed by atoms with Crippen molar-refractivity contribution in [2.45, 2.75) is 26.2 Å². The molecule has 2 amide bonds. The Morgan fingerprint density at radius 1 is 1.17 bits per heavy atom. The van der Waals surface area contributed by atoms with Crippen LogP contribution in [0, 0.1) is 6.92 Å². The maximum absolute atomic E-state index is 13.2. The molecule has 30 heavy (non-hydrogen) atoms. The maximum Gasteiger partial charge on any atom is 0.256 e. The molecule has 7 heteroatoms. The minimum absolute atomic E-state index is 0.0288. The molecule has 2 aliphatic rings. The number of carbonyl (C=O) groups excluding carboxylic acids is 2. The molecule has 2 N–H and O–H groups in total. The number of hydrogen-bond donors (Lipinski definition) is 2. The zero-order valence-corrected chi connectivity index (χ0v) is 18.6. The van der Waals surface area contributed by atoms with Crippen molar-refractivity contribution in [1.82, 2.24) is 14.8 Å². The van der Waals surface area contributed by atoms with Crippen LogP contribution in [0.15, 0.2) is 18.2 Å². The number of halogens is 1. The molecule has 0 fully saturated rings. The molecule has 0 unspecified atom stereocenters. The van der Waals surface area contributed by atoms with Crippen molar-refractivity contribution in [2.24, 2.45) is 0 Å². The van der Waals surface area contributed by atoms with Gasteiger partial charge < -0.3 is 20.1 Å². The summed E-state index contributed by atoms with van der Waals surface area (Å²) in [7, 11) is 5.84. The molecule has 1 aromatic carbocycles.